The number of H-pyrrole nitrogens is 1. The number of benzene rings is 1. The van der Waals surface area contributed by atoms with Crippen molar-refractivity contribution in [1.29, 1.82) is 0 Å². The molecule has 0 spiro atoms. The minimum absolute atomic E-state index is 0.205. The van der Waals surface area contributed by atoms with Crippen molar-refractivity contribution < 1.29 is 9.63 Å². The fourth-order valence-corrected chi connectivity index (χ4v) is 1.99. The molecule has 0 fully saturated rings. The first-order valence-electron chi connectivity index (χ1n) is 6.97. The van der Waals surface area contributed by atoms with Crippen LogP contribution in [0.2, 0.25) is 0 Å². The van der Waals surface area contributed by atoms with Crippen LogP contribution in [0.5, 0.6) is 0 Å². The zero-order valence-corrected chi connectivity index (χ0v) is 12.2. The lowest BCUT2D eigenvalue weighted by atomic mass is 10.2. The Bertz CT molecular complexity index is 774. The van der Waals surface area contributed by atoms with E-state index in [0.717, 1.165) is 10.6 Å². The first-order valence-corrected chi connectivity index (χ1v) is 6.97. The Labute approximate surface area is 132 Å². The van der Waals surface area contributed by atoms with Crippen LogP contribution in [0.3, 0.4) is 0 Å². The van der Waals surface area contributed by atoms with Gasteiger partial charge in [-0.3, -0.25) is 14.7 Å². The highest BCUT2D eigenvalue weighted by atomic mass is 16.7. The van der Waals surface area contributed by atoms with Gasteiger partial charge in [0.2, 0.25) is 0 Å². The molecular formula is C16H15N5O2. The summed E-state index contributed by atoms with van der Waals surface area (Å²) in [6.45, 7) is 0.205. The van der Waals surface area contributed by atoms with Crippen LogP contribution in [0.4, 0.5) is 11.5 Å². The van der Waals surface area contributed by atoms with Gasteiger partial charge in [0.1, 0.15) is 12.3 Å². The van der Waals surface area contributed by atoms with Gasteiger partial charge in [-0.05, 0) is 23.8 Å². The topological polar surface area (TPSA) is 97.1 Å². The average molecular weight is 309 g/mol. The van der Waals surface area contributed by atoms with Crippen molar-refractivity contribution in [2.45, 2.75) is 6.61 Å². The van der Waals surface area contributed by atoms with Crippen LogP contribution in [0.15, 0.2) is 60.9 Å². The molecule has 116 valence electrons. The van der Waals surface area contributed by atoms with Crippen LogP contribution in [0.1, 0.15) is 16.1 Å². The molecule has 0 radical (unpaired) electrons. The molecular weight excluding hydrogens is 294 g/mol. The second-order valence-electron chi connectivity index (χ2n) is 4.75. The normalized spacial score (nSPS) is 10.4. The number of carbonyl (C=O) groups is 1. The lowest BCUT2D eigenvalue weighted by molar-refractivity contribution is 0.0589. The van der Waals surface area contributed by atoms with Gasteiger partial charge in [0.05, 0.1) is 5.69 Å². The number of amides is 1. The summed E-state index contributed by atoms with van der Waals surface area (Å²) in [5.41, 5.74) is 7.46. The molecule has 3 rings (SSSR count). The molecule has 0 atom stereocenters. The summed E-state index contributed by atoms with van der Waals surface area (Å²) in [6.07, 6.45) is 3.04. The van der Waals surface area contributed by atoms with Gasteiger partial charge < -0.3 is 5.73 Å². The maximum absolute atomic E-state index is 12.6. The number of nitrogen functional groups attached to an aromatic ring is 1. The van der Waals surface area contributed by atoms with E-state index in [2.05, 4.69) is 15.2 Å². The van der Waals surface area contributed by atoms with Crippen LogP contribution in [0.25, 0.3) is 0 Å². The van der Waals surface area contributed by atoms with E-state index in [9.17, 15) is 4.79 Å². The summed E-state index contributed by atoms with van der Waals surface area (Å²) in [5.74, 6) is -0.188. The van der Waals surface area contributed by atoms with Gasteiger partial charge in [-0.25, -0.2) is 4.98 Å². The zero-order chi connectivity index (χ0) is 16.1. The van der Waals surface area contributed by atoms with Gasteiger partial charge in [-0.15, -0.1) is 0 Å². The number of carbonyl (C=O) groups excluding carboxylic acids is 1. The summed E-state index contributed by atoms with van der Waals surface area (Å²) in [7, 11) is 0. The molecule has 2 aromatic heterocycles. The van der Waals surface area contributed by atoms with Gasteiger partial charge in [-0.2, -0.15) is 10.2 Å². The second-order valence-corrected chi connectivity index (χ2v) is 4.75. The number of nitrogens with two attached hydrogens (primary N) is 1. The van der Waals surface area contributed by atoms with Crippen LogP contribution in [-0.4, -0.2) is 21.1 Å². The fourth-order valence-electron chi connectivity index (χ4n) is 1.99. The van der Waals surface area contributed by atoms with E-state index < -0.39 is 5.91 Å². The highest BCUT2D eigenvalue weighted by Crippen LogP contribution is 2.22. The molecule has 1 aromatic carbocycles. The van der Waals surface area contributed by atoms with Crippen molar-refractivity contribution in [2.75, 3.05) is 10.8 Å². The number of rotatable bonds is 5. The maximum Gasteiger partial charge on any atom is 0.301 e. The Morgan fingerprint density at radius 2 is 1.96 bits per heavy atom. The van der Waals surface area contributed by atoms with Crippen molar-refractivity contribution in [3.8, 4) is 0 Å². The van der Waals surface area contributed by atoms with E-state index in [1.165, 1.54) is 6.20 Å². The summed E-state index contributed by atoms with van der Waals surface area (Å²) in [5, 5.41) is 7.47. The quantitative estimate of drug-likeness (QED) is 0.704. The van der Waals surface area contributed by atoms with E-state index >= 15 is 0 Å². The zero-order valence-electron chi connectivity index (χ0n) is 12.2. The molecule has 0 aliphatic carbocycles. The maximum atomic E-state index is 12.6. The third-order valence-electron chi connectivity index (χ3n) is 3.13. The Balaban J connectivity index is 1.87. The summed E-state index contributed by atoms with van der Waals surface area (Å²) in [4.78, 5) is 22.4. The number of hydrogen-bond acceptors (Lipinski definition) is 5. The summed E-state index contributed by atoms with van der Waals surface area (Å²) in [6, 6.07) is 14.4. The molecule has 0 aliphatic heterocycles. The Morgan fingerprint density at radius 3 is 2.65 bits per heavy atom. The van der Waals surface area contributed by atoms with Crippen molar-refractivity contribution in [2.24, 2.45) is 0 Å². The molecule has 23 heavy (non-hydrogen) atoms. The number of hydroxylamine groups is 1. The Hall–Kier alpha value is -3.19. The highest BCUT2D eigenvalue weighted by Gasteiger charge is 2.23. The lowest BCUT2D eigenvalue weighted by Crippen LogP contribution is -2.32. The molecule has 0 saturated heterocycles. The largest absolute Gasteiger partial charge is 0.396 e. The highest BCUT2D eigenvalue weighted by molar-refractivity contribution is 6.04. The van der Waals surface area contributed by atoms with Crippen molar-refractivity contribution in [3.63, 3.8) is 0 Å². The van der Waals surface area contributed by atoms with Crippen molar-refractivity contribution in [1.82, 2.24) is 15.2 Å². The molecule has 0 aliphatic rings. The van der Waals surface area contributed by atoms with E-state index in [0.29, 0.717) is 5.69 Å². The van der Waals surface area contributed by atoms with E-state index in [4.69, 9.17) is 10.6 Å². The molecule has 3 aromatic rings. The van der Waals surface area contributed by atoms with Gasteiger partial charge in [0, 0.05) is 12.4 Å². The van der Waals surface area contributed by atoms with Crippen LogP contribution < -0.4 is 10.8 Å². The standard InChI is InChI=1S/C16H15N5O2/c17-13-7-4-9-18-15(13)21(16(22)14-8-10-19-20-14)23-11-12-5-2-1-3-6-12/h1-10H,11,17H2,(H,19,20). The number of nitrogens with one attached hydrogen (secondary N) is 1. The minimum Gasteiger partial charge on any atom is -0.396 e. The SMILES string of the molecule is Nc1cccnc1N(OCc1ccccc1)C(=O)c1ccn[nH]1. The van der Waals surface area contributed by atoms with E-state index in [1.54, 1.807) is 24.4 Å². The molecule has 0 saturated carbocycles. The first-order chi connectivity index (χ1) is 11.3. The van der Waals surface area contributed by atoms with E-state index in [-0.39, 0.29) is 18.1 Å². The minimum atomic E-state index is -0.427. The van der Waals surface area contributed by atoms with Gasteiger partial charge >= 0.3 is 5.91 Å². The Kier molecular flexibility index (Phi) is 4.30. The third-order valence-corrected chi connectivity index (χ3v) is 3.13. The number of nitrogens with zero attached hydrogens (tertiary/aromatic N) is 3. The smallest absolute Gasteiger partial charge is 0.301 e. The molecule has 7 nitrogen and oxygen atoms in total. The van der Waals surface area contributed by atoms with Gasteiger partial charge in [0.25, 0.3) is 0 Å². The van der Waals surface area contributed by atoms with Crippen LogP contribution in [-0.2, 0) is 11.4 Å². The first kappa shape index (κ1) is 14.7. The van der Waals surface area contributed by atoms with E-state index in [1.807, 2.05) is 30.3 Å². The molecule has 3 N–H and O–H groups in total. The third kappa shape index (κ3) is 3.35. The summed E-state index contributed by atoms with van der Waals surface area (Å²) >= 11 is 0. The molecule has 2 heterocycles. The number of aromatic nitrogens is 3. The fraction of sp³-hybridized carbons (Fsp3) is 0.0625. The lowest BCUT2D eigenvalue weighted by Gasteiger charge is -2.21. The van der Waals surface area contributed by atoms with Crippen LogP contribution >= 0.6 is 0 Å². The van der Waals surface area contributed by atoms with Gasteiger partial charge in [0.15, 0.2) is 5.82 Å². The molecule has 0 unspecified atom stereocenters. The monoisotopic (exact) mass is 309 g/mol. The molecule has 1 amide bonds. The summed E-state index contributed by atoms with van der Waals surface area (Å²) < 4.78 is 0. The van der Waals surface area contributed by atoms with Crippen LogP contribution in [0, 0.1) is 0 Å². The molecule has 7 heteroatoms. The number of hydrogen-bond donors (Lipinski definition) is 2. The molecule has 0 bridgehead atoms. The second kappa shape index (κ2) is 6.71. The predicted octanol–water partition coefficient (Wildman–Crippen LogP) is 2.17. The Morgan fingerprint density at radius 1 is 1.13 bits per heavy atom. The predicted molar refractivity (Wildman–Crippen MR) is 85.3 cm³/mol. The number of anilines is 2. The number of pyridine rings is 1. The van der Waals surface area contributed by atoms with Gasteiger partial charge in [-0.1, -0.05) is 30.3 Å². The average Bonchev–Trinajstić information content (AvgIpc) is 3.12. The van der Waals surface area contributed by atoms with Crippen molar-refractivity contribution in [3.05, 3.63) is 72.2 Å². The van der Waals surface area contributed by atoms with Crippen molar-refractivity contribution >= 4 is 17.4 Å². The number of aromatic amines is 1.